The fraction of sp³-hybridized carbons (Fsp3) is 0.583. The molecule has 2 heterocycles. The molecule has 0 atom stereocenters. The van der Waals surface area contributed by atoms with Crippen molar-refractivity contribution in [1.82, 2.24) is 9.88 Å². The number of alkyl halides is 1. The highest BCUT2D eigenvalue weighted by Gasteiger charge is 2.15. The molecule has 0 radical (unpaired) electrons. The molecule has 94 valence electrons. The van der Waals surface area contributed by atoms with Crippen LogP contribution in [0.15, 0.2) is 18.3 Å². The summed E-state index contributed by atoms with van der Waals surface area (Å²) in [4.78, 5) is 9.21. The van der Waals surface area contributed by atoms with E-state index >= 15 is 0 Å². The number of aromatic nitrogens is 1. The van der Waals surface area contributed by atoms with Gasteiger partial charge in [-0.05, 0) is 25.1 Å². The lowest BCUT2D eigenvalue weighted by atomic mass is 10.3. The molecule has 0 spiro atoms. The van der Waals surface area contributed by atoms with Crippen LogP contribution in [-0.4, -0.2) is 47.9 Å². The Bertz CT molecular complexity index is 344. The molecular formula is C12H17BrClN3. The van der Waals surface area contributed by atoms with Crippen molar-refractivity contribution in [3.05, 3.63) is 23.4 Å². The minimum Gasteiger partial charge on any atom is -0.355 e. The highest BCUT2D eigenvalue weighted by Crippen LogP contribution is 2.16. The molecule has 1 aliphatic heterocycles. The van der Waals surface area contributed by atoms with E-state index in [1.54, 1.807) is 6.20 Å². The van der Waals surface area contributed by atoms with E-state index in [-0.39, 0.29) is 0 Å². The summed E-state index contributed by atoms with van der Waals surface area (Å²) < 4.78 is 0. The summed E-state index contributed by atoms with van der Waals surface area (Å²) in [5, 5.41) is 1.75. The molecule has 5 heteroatoms. The van der Waals surface area contributed by atoms with Crippen LogP contribution < -0.4 is 4.90 Å². The smallest absolute Gasteiger partial charge is 0.128 e. The first-order valence-corrected chi connectivity index (χ1v) is 7.44. The monoisotopic (exact) mass is 317 g/mol. The SMILES string of the molecule is Clc1ccc(N2CCCN(CCBr)CC2)nc1. The lowest BCUT2D eigenvalue weighted by Gasteiger charge is -2.22. The van der Waals surface area contributed by atoms with Gasteiger partial charge in [0, 0.05) is 37.7 Å². The Labute approximate surface area is 116 Å². The highest BCUT2D eigenvalue weighted by atomic mass is 79.9. The van der Waals surface area contributed by atoms with Crippen LogP contribution in [-0.2, 0) is 0 Å². The predicted octanol–water partition coefficient (Wildman–Crippen LogP) is 2.64. The van der Waals surface area contributed by atoms with E-state index in [2.05, 4.69) is 30.7 Å². The summed E-state index contributed by atoms with van der Waals surface area (Å²) in [6, 6.07) is 3.91. The largest absolute Gasteiger partial charge is 0.355 e. The molecule has 1 aromatic heterocycles. The third kappa shape index (κ3) is 3.83. The normalized spacial score (nSPS) is 18.1. The van der Waals surface area contributed by atoms with Crippen molar-refractivity contribution >= 4 is 33.3 Å². The van der Waals surface area contributed by atoms with E-state index in [1.165, 1.54) is 13.0 Å². The van der Waals surface area contributed by atoms with Crippen molar-refractivity contribution in [2.75, 3.05) is 43.0 Å². The Balaban J connectivity index is 1.96. The summed E-state index contributed by atoms with van der Waals surface area (Å²) in [5.74, 6) is 1.04. The average molecular weight is 319 g/mol. The van der Waals surface area contributed by atoms with E-state index in [4.69, 9.17) is 11.6 Å². The van der Waals surface area contributed by atoms with Crippen LogP contribution in [0.3, 0.4) is 0 Å². The number of rotatable bonds is 3. The van der Waals surface area contributed by atoms with Gasteiger partial charge >= 0.3 is 0 Å². The van der Waals surface area contributed by atoms with Gasteiger partial charge in [-0.2, -0.15) is 0 Å². The first kappa shape index (κ1) is 13.1. The fourth-order valence-corrected chi connectivity index (χ4v) is 2.71. The lowest BCUT2D eigenvalue weighted by Crippen LogP contribution is -2.32. The Kier molecular flexibility index (Phi) is 5.07. The second-order valence-corrected chi connectivity index (χ2v) is 5.44. The predicted molar refractivity (Wildman–Crippen MR) is 76.3 cm³/mol. The number of anilines is 1. The van der Waals surface area contributed by atoms with Gasteiger partial charge < -0.3 is 9.80 Å². The molecule has 0 unspecified atom stereocenters. The van der Waals surface area contributed by atoms with Crippen molar-refractivity contribution in [3.8, 4) is 0 Å². The molecule has 0 aliphatic carbocycles. The molecule has 1 aromatic rings. The molecule has 3 nitrogen and oxygen atoms in total. The summed E-state index contributed by atoms with van der Waals surface area (Å²) in [6.07, 6.45) is 2.91. The van der Waals surface area contributed by atoms with E-state index in [1.807, 2.05) is 12.1 Å². The lowest BCUT2D eigenvalue weighted by molar-refractivity contribution is 0.313. The number of hydrogen-bond donors (Lipinski definition) is 0. The first-order valence-electron chi connectivity index (χ1n) is 5.94. The topological polar surface area (TPSA) is 19.4 Å². The maximum absolute atomic E-state index is 5.85. The summed E-state index contributed by atoms with van der Waals surface area (Å²) in [7, 11) is 0. The summed E-state index contributed by atoms with van der Waals surface area (Å²) in [5.41, 5.74) is 0. The van der Waals surface area contributed by atoms with E-state index in [0.29, 0.717) is 5.02 Å². The minimum atomic E-state index is 0.699. The van der Waals surface area contributed by atoms with Crippen LogP contribution in [0.2, 0.25) is 5.02 Å². The van der Waals surface area contributed by atoms with E-state index in [0.717, 1.165) is 37.3 Å². The first-order chi connectivity index (χ1) is 8.29. The zero-order valence-corrected chi connectivity index (χ0v) is 12.1. The van der Waals surface area contributed by atoms with Crippen LogP contribution in [0.4, 0.5) is 5.82 Å². The zero-order chi connectivity index (χ0) is 12.1. The van der Waals surface area contributed by atoms with Crippen LogP contribution in [0.25, 0.3) is 0 Å². The van der Waals surface area contributed by atoms with Crippen molar-refractivity contribution in [2.45, 2.75) is 6.42 Å². The van der Waals surface area contributed by atoms with Gasteiger partial charge in [-0.25, -0.2) is 4.98 Å². The summed E-state index contributed by atoms with van der Waals surface area (Å²) >= 11 is 9.35. The maximum Gasteiger partial charge on any atom is 0.128 e. The van der Waals surface area contributed by atoms with Gasteiger partial charge in [-0.1, -0.05) is 27.5 Å². The molecular weight excluding hydrogens is 302 g/mol. The Hall–Kier alpha value is -0.320. The number of pyridine rings is 1. The van der Waals surface area contributed by atoms with Gasteiger partial charge in [-0.3, -0.25) is 0 Å². The molecule has 0 saturated carbocycles. The maximum atomic E-state index is 5.85. The van der Waals surface area contributed by atoms with Crippen molar-refractivity contribution in [2.24, 2.45) is 0 Å². The van der Waals surface area contributed by atoms with Crippen molar-refractivity contribution in [1.29, 1.82) is 0 Å². The molecule has 1 fully saturated rings. The molecule has 0 aromatic carbocycles. The molecule has 2 rings (SSSR count). The number of nitrogens with zero attached hydrogens (tertiary/aromatic N) is 3. The third-order valence-electron chi connectivity index (χ3n) is 3.03. The number of hydrogen-bond acceptors (Lipinski definition) is 3. The Morgan fingerprint density at radius 3 is 2.82 bits per heavy atom. The van der Waals surface area contributed by atoms with Gasteiger partial charge in [-0.15, -0.1) is 0 Å². The highest BCUT2D eigenvalue weighted by molar-refractivity contribution is 9.09. The van der Waals surface area contributed by atoms with Crippen LogP contribution in [0, 0.1) is 0 Å². The van der Waals surface area contributed by atoms with E-state index < -0.39 is 0 Å². The Morgan fingerprint density at radius 2 is 2.12 bits per heavy atom. The Morgan fingerprint density at radius 1 is 1.24 bits per heavy atom. The standard InChI is InChI=1S/C12H17BrClN3/c13-4-7-16-5-1-6-17(9-8-16)12-3-2-11(14)10-15-12/h2-3,10H,1,4-9H2. The molecule has 0 amide bonds. The fourth-order valence-electron chi connectivity index (χ4n) is 2.10. The molecule has 0 N–H and O–H groups in total. The summed E-state index contributed by atoms with van der Waals surface area (Å²) in [6.45, 7) is 5.53. The third-order valence-corrected chi connectivity index (χ3v) is 3.60. The molecule has 17 heavy (non-hydrogen) atoms. The number of halogens is 2. The van der Waals surface area contributed by atoms with Crippen LogP contribution in [0.1, 0.15) is 6.42 Å². The van der Waals surface area contributed by atoms with Crippen LogP contribution in [0.5, 0.6) is 0 Å². The van der Waals surface area contributed by atoms with Gasteiger partial charge in [0.25, 0.3) is 0 Å². The van der Waals surface area contributed by atoms with Gasteiger partial charge in [0.15, 0.2) is 0 Å². The van der Waals surface area contributed by atoms with Crippen LogP contribution >= 0.6 is 27.5 Å². The van der Waals surface area contributed by atoms with Crippen molar-refractivity contribution in [3.63, 3.8) is 0 Å². The van der Waals surface area contributed by atoms with Gasteiger partial charge in [0.2, 0.25) is 0 Å². The molecule has 0 bridgehead atoms. The second-order valence-electron chi connectivity index (χ2n) is 4.21. The molecule has 1 saturated heterocycles. The zero-order valence-electron chi connectivity index (χ0n) is 9.78. The van der Waals surface area contributed by atoms with Gasteiger partial charge in [0.1, 0.15) is 5.82 Å². The molecule has 1 aliphatic rings. The van der Waals surface area contributed by atoms with Gasteiger partial charge in [0.05, 0.1) is 5.02 Å². The quantitative estimate of drug-likeness (QED) is 0.799. The van der Waals surface area contributed by atoms with Crippen molar-refractivity contribution < 1.29 is 0 Å². The second kappa shape index (κ2) is 6.57. The average Bonchev–Trinajstić information content (AvgIpc) is 2.56. The minimum absolute atomic E-state index is 0.699. The van der Waals surface area contributed by atoms with E-state index in [9.17, 15) is 0 Å².